The zero-order valence-electron chi connectivity index (χ0n) is 6.90. The molecule has 1 atom stereocenters. The van der Waals surface area contributed by atoms with Crippen LogP contribution >= 0.6 is 0 Å². The largest absolute Gasteiger partial charge is 0.387 e. The van der Waals surface area contributed by atoms with Gasteiger partial charge in [-0.2, -0.15) is 5.10 Å². The van der Waals surface area contributed by atoms with Crippen LogP contribution in [0.5, 0.6) is 0 Å². The summed E-state index contributed by atoms with van der Waals surface area (Å²) in [6.07, 6.45) is 4.41. The van der Waals surface area contributed by atoms with Crippen LogP contribution < -0.4 is 5.32 Å². The Bertz CT molecular complexity index is 239. The molecule has 66 valence electrons. The number of hydrogen-bond donors (Lipinski definition) is 2. The third-order valence-corrected chi connectivity index (χ3v) is 2.24. The highest BCUT2D eigenvalue weighted by atomic mass is 16.3. The molecule has 0 spiro atoms. The molecule has 1 unspecified atom stereocenters. The van der Waals surface area contributed by atoms with E-state index in [1.54, 1.807) is 10.9 Å². The van der Waals surface area contributed by atoms with Gasteiger partial charge in [-0.05, 0) is 19.0 Å². The predicted octanol–water partition coefficient (Wildman–Crippen LogP) is -0.393. The molecule has 2 rings (SSSR count). The molecule has 0 aromatic carbocycles. The molecule has 4 nitrogen and oxygen atoms in total. The molecule has 0 bridgehead atoms. The lowest BCUT2D eigenvalue weighted by atomic mass is 10.0. The summed E-state index contributed by atoms with van der Waals surface area (Å²) in [7, 11) is 0. The molecule has 1 aromatic rings. The maximum Gasteiger partial charge on any atom is 0.0978 e. The molecular weight excluding hydrogens is 154 g/mol. The van der Waals surface area contributed by atoms with E-state index in [1.807, 2.05) is 12.3 Å². The third-order valence-electron chi connectivity index (χ3n) is 2.24. The molecule has 0 amide bonds. The van der Waals surface area contributed by atoms with Gasteiger partial charge in [0.1, 0.15) is 0 Å². The monoisotopic (exact) mass is 167 g/mol. The van der Waals surface area contributed by atoms with Crippen LogP contribution in [0.3, 0.4) is 0 Å². The highest BCUT2D eigenvalue weighted by molar-refractivity contribution is 4.89. The van der Waals surface area contributed by atoms with Gasteiger partial charge >= 0.3 is 0 Å². The van der Waals surface area contributed by atoms with Crippen molar-refractivity contribution in [3.63, 3.8) is 0 Å². The molecule has 1 aliphatic heterocycles. The standard InChI is InChI=1S/C8H13N3O/c12-8(2-4-9-6-8)7-11-5-1-3-10-11/h1,3,5,9,12H,2,4,6-7H2. The zero-order chi connectivity index (χ0) is 8.44. The summed E-state index contributed by atoms with van der Waals surface area (Å²) in [5.41, 5.74) is -0.591. The Balaban J connectivity index is 2.02. The van der Waals surface area contributed by atoms with Crippen molar-refractivity contribution in [3.8, 4) is 0 Å². The Morgan fingerprint density at radius 3 is 3.17 bits per heavy atom. The summed E-state index contributed by atoms with van der Waals surface area (Å²) in [6, 6.07) is 1.87. The van der Waals surface area contributed by atoms with Crippen LogP contribution in [-0.4, -0.2) is 33.6 Å². The van der Waals surface area contributed by atoms with Gasteiger partial charge in [-0.3, -0.25) is 4.68 Å². The zero-order valence-corrected chi connectivity index (χ0v) is 6.90. The molecule has 1 aliphatic rings. The molecule has 4 heteroatoms. The summed E-state index contributed by atoms with van der Waals surface area (Å²) in [5, 5.41) is 17.1. The van der Waals surface area contributed by atoms with Crippen molar-refractivity contribution in [1.29, 1.82) is 0 Å². The van der Waals surface area contributed by atoms with Crippen molar-refractivity contribution in [2.75, 3.05) is 13.1 Å². The van der Waals surface area contributed by atoms with Crippen LogP contribution in [0.25, 0.3) is 0 Å². The molecule has 2 N–H and O–H groups in total. The van der Waals surface area contributed by atoms with Crippen molar-refractivity contribution in [1.82, 2.24) is 15.1 Å². The fourth-order valence-electron chi connectivity index (χ4n) is 1.56. The fourth-order valence-corrected chi connectivity index (χ4v) is 1.56. The first kappa shape index (κ1) is 7.76. The molecule has 1 saturated heterocycles. The van der Waals surface area contributed by atoms with E-state index < -0.39 is 5.60 Å². The number of β-amino-alcohol motifs (C(OH)–C–C–N with tert-alkyl or cyclic N) is 1. The molecule has 12 heavy (non-hydrogen) atoms. The van der Waals surface area contributed by atoms with Gasteiger partial charge < -0.3 is 10.4 Å². The number of nitrogens with zero attached hydrogens (tertiary/aromatic N) is 2. The number of aliphatic hydroxyl groups is 1. The Morgan fingerprint density at radius 1 is 1.67 bits per heavy atom. The number of rotatable bonds is 2. The quantitative estimate of drug-likeness (QED) is 0.630. The first-order chi connectivity index (χ1) is 5.79. The maximum atomic E-state index is 9.94. The molecule has 0 aliphatic carbocycles. The van der Waals surface area contributed by atoms with Gasteiger partial charge in [0, 0.05) is 18.9 Å². The second-order valence-electron chi connectivity index (χ2n) is 3.35. The van der Waals surface area contributed by atoms with Crippen molar-refractivity contribution in [3.05, 3.63) is 18.5 Å². The molecule has 0 radical (unpaired) electrons. The summed E-state index contributed by atoms with van der Waals surface area (Å²) in [6.45, 7) is 2.16. The summed E-state index contributed by atoms with van der Waals surface area (Å²) < 4.78 is 1.77. The van der Waals surface area contributed by atoms with Crippen molar-refractivity contribution in [2.24, 2.45) is 0 Å². The minimum atomic E-state index is -0.591. The first-order valence-electron chi connectivity index (χ1n) is 4.19. The lowest BCUT2D eigenvalue weighted by molar-refractivity contribution is 0.0397. The van der Waals surface area contributed by atoms with E-state index in [0.29, 0.717) is 13.1 Å². The van der Waals surface area contributed by atoms with Gasteiger partial charge in [-0.15, -0.1) is 0 Å². The van der Waals surface area contributed by atoms with E-state index in [-0.39, 0.29) is 0 Å². The highest BCUT2D eigenvalue weighted by Gasteiger charge is 2.31. The molecular formula is C8H13N3O. The summed E-state index contributed by atoms with van der Waals surface area (Å²) >= 11 is 0. The predicted molar refractivity (Wildman–Crippen MR) is 44.7 cm³/mol. The van der Waals surface area contributed by atoms with Gasteiger partial charge in [-0.1, -0.05) is 0 Å². The lowest BCUT2D eigenvalue weighted by Crippen LogP contribution is -2.36. The van der Waals surface area contributed by atoms with E-state index in [2.05, 4.69) is 10.4 Å². The van der Waals surface area contributed by atoms with Gasteiger partial charge in [0.05, 0.1) is 12.1 Å². The topological polar surface area (TPSA) is 50.1 Å². The van der Waals surface area contributed by atoms with Crippen LogP contribution in [0, 0.1) is 0 Å². The van der Waals surface area contributed by atoms with E-state index in [4.69, 9.17) is 0 Å². The van der Waals surface area contributed by atoms with Crippen molar-refractivity contribution >= 4 is 0 Å². The van der Waals surface area contributed by atoms with E-state index >= 15 is 0 Å². The molecule has 0 saturated carbocycles. The fraction of sp³-hybridized carbons (Fsp3) is 0.625. The SMILES string of the molecule is OC1(Cn2cccn2)CCNC1. The summed E-state index contributed by atoms with van der Waals surface area (Å²) in [5.74, 6) is 0. The second kappa shape index (κ2) is 2.88. The third kappa shape index (κ3) is 1.49. The minimum Gasteiger partial charge on any atom is -0.387 e. The van der Waals surface area contributed by atoms with Crippen LogP contribution in [-0.2, 0) is 6.54 Å². The second-order valence-corrected chi connectivity index (χ2v) is 3.35. The molecule has 2 heterocycles. The normalized spacial score (nSPS) is 29.4. The smallest absolute Gasteiger partial charge is 0.0978 e. The van der Waals surface area contributed by atoms with Crippen molar-refractivity contribution < 1.29 is 5.11 Å². The number of hydrogen-bond acceptors (Lipinski definition) is 3. The van der Waals surface area contributed by atoms with E-state index in [9.17, 15) is 5.11 Å². The Morgan fingerprint density at radius 2 is 2.58 bits per heavy atom. The van der Waals surface area contributed by atoms with Crippen LogP contribution in [0.1, 0.15) is 6.42 Å². The van der Waals surface area contributed by atoms with Gasteiger partial charge in [0.25, 0.3) is 0 Å². The Labute approximate surface area is 71.2 Å². The van der Waals surface area contributed by atoms with Crippen LogP contribution in [0.15, 0.2) is 18.5 Å². The average Bonchev–Trinajstić information content (AvgIpc) is 2.62. The Kier molecular flexibility index (Phi) is 1.86. The van der Waals surface area contributed by atoms with Gasteiger partial charge in [-0.25, -0.2) is 0 Å². The minimum absolute atomic E-state index is 0.590. The number of aromatic nitrogens is 2. The first-order valence-corrected chi connectivity index (χ1v) is 4.19. The molecule has 1 fully saturated rings. The Hall–Kier alpha value is -0.870. The van der Waals surface area contributed by atoms with Gasteiger partial charge in [0.15, 0.2) is 0 Å². The van der Waals surface area contributed by atoms with E-state index in [0.717, 1.165) is 13.0 Å². The maximum absolute atomic E-state index is 9.94. The van der Waals surface area contributed by atoms with Crippen molar-refractivity contribution in [2.45, 2.75) is 18.6 Å². The highest BCUT2D eigenvalue weighted by Crippen LogP contribution is 2.15. The number of nitrogens with one attached hydrogen (secondary N) is 1. The van der Waals surface area contributed by atoms with E-state index in [1.165, 1.54) is 0 Å². The lowest BCUT2D eigenvalue weighted by Gasteiger charge is -2.20. The molecule has 1 aromatic heterocycles. The summed E-state index contributed by atoms with van der Waals surface area (Å²) in [4.78, 5) is 0. The van der Waals surface area contributed by atoms with Crippen LogP contribution in [0.4, 0.5) is 0 Å². The average molecular weight is 167 g/mol. The van der Waals surface area contributed by atoms with Gasteiger partial charge in [0.2, 0.25) is 0 Å². The van der Waals surface area contributed by atoms with Crippen LogP contribution in [0.2, 0.25) is 0 Å².